The lowest BCUT2D eigenvalue weighted by Gasteiger charge is -2.10. The van der Waals surface area contributed by atoms with Gasteiger partial charge >= 0.3 is 6.18 Å². The standard InChI is InChI=1S/C28H19F3N2O2S/c1-18-10-13-20(14-11-18)36(34,35)32-17-27(23-15-12-19(16-26(23)32)28(29,30)31)33-24-8-4-2-6-21(24)22-7-3-5-9-25(22)33/h2-17H,1H3. The first-order chi connectivity index (χ1) is 17.2. The van der Waals surface area contributed by atoms with Crippen LogP contribution in [0.15, 0.2) is 102 Å². The Morgan fingerprint density at radius 2 is 1.28 bits per heavy atom. The van der Waals surface area contributed by atoms with Crippen LogP contribution in [0.25, 0.3) is 38.4 Å². The number of aryl methyl sites for hydroxylation is 1. The Bertz CT molecular complexity index is 1840. The van der Waals surface area contributed by atoms with Crippen molar-refractivity contribution in [2.45, 2.75) is 18.0 Å². The first-order valence-electron chi connectivity index (χ1n) is 11.2. The van der Waals surface area contributed by atoms with E-state index >= 15 is 0 Å². The molecule has 0 saturated heterocycles. The molecule has 180 valence electrons. The minimum atomic E-state index is -4.62. The van der Waals surface area contributed by atoms with Gasteiger partial charge in [0.1, 0.15) is 0 Å². The van der Waals surface area contributed by atoms with Gasteiger partial charge in [0.15, 0.2) is 0 Å². The van der Waals surface area contributed by atoms with E-state index in [1.807, 2.05) is 60.0 Å². The molecule has 2 aromatic heterocycles. The fraction of sp³-hybridized carbons (Fsp3) is 0.0714. The zero-order chi connectivity index (χ0) is 25.2. The molecule has 2 heterocycles. The molecule has 6 aromatic rings. The predicted octanol–water partition coefficient (Wildman–Crippen LogP) is 7.30. The van der Waals surface area contributed by atoms with Crippen molar-refractivity contribution in [2.75, 3.05) is 0 Å². The van der Waals surface area contributed by atoms with E-state index in [0.717, 1.165) is 43.5 Å². The summed E-state index contributed by atoms with van der Waals surface area (Å²) in [5.41, 5.74) is 2.05. The zero-order valence-corrected chi connectivity index (χ0v) is 19.8. The Labute approximate surface area is 204 Å². The molecule has 6 rings (SSSR count). The van der Waals surface area contributed by atoms with Crippen LogP contribution in [-0.4, -0.2) is 17.0 Å². The van der Waals surface area contributed by atoms with Gasteiger partial charge in [0.05, 0.1) is 32.7 Å². The number of halogens is 3. The molecular weight excluding hydrogens is 485 g/mol. The number of benzene rings is 4. The average Bonchev–Trinajstić information content (AvgIpc) is 3.39. The number of rotatable bonds is 3. The summed E-state index contributed by atoms with van der Waals surface area (Å²) >= 11 is 0. The molecule has 0 unspecified atom stereocenters. The van der Waals surface area contributed by atoms with Crippen LogP contribution in [-0.2, 0) is 16.2 Å². The molecule has 0 aliphatic carbocycles. The van der Waals surface area contributed by atoms with Crippen molar-refractivity contribution in [1.82, 2.24) is 8.54 Å². The zero-order valence-electron chi connectivity index (χ0n) is 19.0. The lowest BCUT2D eigenvalue weighted by Crippen LogP contribution is -2.12. The summed E-state index contributed by atoms with van der Waals surface area (Å²) in [5.74, 6) is 0. The fourth-order valence-electron chi connectivity index (χ4n) is 4.74. The number of hydrogen-bond acceptors (Lipinski definition) is 2. The Balaban J connectivity index is 1.73. The normalized spacial score (nSPS) is 12.7. The molecule has 36 heavy (non-hydrogen) atoms. The Morgan fingerprint density at radius 1 is 0.694 bits per heavy atom. The van der Waals surface area contributed by atoms with Crippen molar-refractivity contribution < 1.29 is 21.6 Å². The van der Waals surface area contributed by atoms with Crippen LogP contribution in [0.2, 0.25) is 0 Å². The maximum absolute atomic E-state index is 13.7. The molecule has 0 spiro atoms. The summed E-state index contributed by atoms with van der Waals surface area (Å²) in [6, 6.07) is 24.8. The van der Waals surface area contributed by atoms with Gasteiger partial charge in [0.2, 0.25) is 0 Å². The molecule has 0 saturated carbocycles. The highest BCUT2D eigenvalue weighted by Gasteiger charge is 2.32. The highest BCUT2D eigenvalue weighted by Crippen LogP contribution is 2.39. The Hall–Kier alpha value is -4.04. The quantitative estimate of drug-likeness (QED) is 0.254. The average molecular weight is 505 g/mol. The molecule has 0 bridgehead atoms. The van der Waals surface area contributed by atoms with Crippen molar-refractivity contribution in [3.05, 3.63) is 108 Å². The van der Waals surface area contributed by atoms with Crippen molar-refractivity contribution in [3.63, 3.8) is 0 Å². The number of para-hydroxylation sites is 2. The van der Waals surface area contributed by atoms with Gasteiger partial charge in [-0.15, -0.1) is 0 Å². The van der Waals surface area contributed by atoms with Gasteiger partial charge in [0, 0.05) is 22.4 Å². The molecule has 0 aliphatic rings. The van der Waals surface area contributed by atoms with Crippen LogP contribution in [0.4, 0.5) is 13.2 Å². The van der Waals surface area contributed by atoms with Gasteiger partial charge in [-0.05, 0) is 43.3 Å². The van der Waals surface area contributed by atoms with Gasteiger partial charge in [-0.2, -0.15) is 13.2 Å². The van der Waals surface area contributed by atoms with Crippen LogP contribution < -0.4 is 0 Å². The summed E-state index contributed by atoms with van der Waals surface area (Å²) < 4.78 is 71.2. The number of alkyl halides is 3. The van der Waals surface area contributed by atoms with Gasteiger partial charge in [-0.3, -0.25) is 0 Å². The number of nitrogens with zero attached hydrogens (tertiary/aromatic N) is 2. The maximum Gasteiger partial charge on any atom is 0.416 e. The van der Waals surface area contributed by atoms with E-state index in [2.05, 4.69) is 0 Å². The summed E-state index contributed by atoms with van der Waals surface area (Å²) in [7, 11) is -4.19. The SMILES string of the molecule is Cc1ccc(S(=O)(=O)n2cc(-n3c4ccccc4c4ccccc43)c3ccc(C(F)(F)F)cc32)cc1. The van der Waals surface area contributed by atoms with Gasteiger partial charge in [-0.25, -0.2) is 12.4 Å². The van der Waals surface area contributed by atoms with Crippen molar-refractivity contribution >= 4 is 42.7 Å². The molecular formula is C28H19F3N2O2S. The van der Waals surface area contributed by atoms with Crippen molar-refractivity contribution in [2.24, 2.45) is 0 Å². The Kier molecular flexibility index (Phi) is 4.82. The maximum atomic E-state index is 13.7. The van der Waals surface area contributed by atoms with Crippen LogP contribution in [0.5, 0.6) is 0 Å². The largest absolute Gasteiger partial charge is 0.416 e. The van der Waals surface area contributed by atoms with E-state index in [0.29, 0.717) is 11.1 Å². The van der Waals surface area contributed by atoms with Crippen molar-refractivity contribution in [3.8, 4) is 5.69 Å². The van der Waals surface area contributed by atoms with Crippen LogP contribution in [0.1, 0.15) is 11.1 Å². The van der Waals surface area contributed by atoms with Crippen LogP contribution in [0.3, 0.4) is 0 Å². The predicted molar refractivity (Wildman–Crippen MR) is 135 cm³/mol. The third-order valence-electron chi connectivity index (χ3n) is 6.48. The van der Waals surface area contributed by atoms with E-state index in [9.17, 15) is 21.6 Å². The second-order valence-electron chi connectivity index (χ2n) is 8.73. The first-order valence-corrected chi connectivity index (χ1v) is 12.6. The third-order valence-corrected chi connectivity index (χ3v) is 8.16. The molecule has 0 radical (unpaired) electrons. The lowest BCUT2D eigenvalue weighted by molar-refractivity contribution is -0.137. The van der Waals surface area contributed by atoms with Crippen molar-refractivity contribution in [1.29, 1.82) is 0 Å². The van der Waals surface area contributed by atoms with Gasteiger partial charge in [0.25, 0.3) is 10.0 Å². The summed E-state index contributed by atoms with van der Waals surface area (Å²) in [6.07, 6.45) is -3.21. The van der Waals surface area contributed by atoms with E-state index < -0.39 is 21.8 Å². The fourth-order valence-corrected chi connectivity index (χ4v) is 6.10. The second kappa shape index (κ2) is 7.73. The number of aromatic nitrogens is 2. The number of fused-ring (bicyclic) bond motifs is 4. The molecule has 8 heteroatoms. The summed E-state index contributed by atoms with van der Waals surface area (Å²) in [4.78, 5) is -0.00353. The van der Waals surface area contributed by atoms with E-state index in [-0.39, 0.29) is 10.4 Å². The highest BCUT2D eigenvalue weighted by molar-refractivity contribution is 7.90. The lowest BCUT2D eigenvalue weighted by atomic mass is 10.1. The topological polar surface area (TPSA) is 44.0 Å². The first kappa shape index (κ1) is 22.4. The van der Waals surface area contributed by atoms with Crippen LogP contribution in [0, 0.1) is 6.92 Å². The second-order valence-corrected chi connectivity index (χ2v) is 10.5. The van der Waals surface area contributed by atoms with Gasteiger partial charge < -0.3 is 4.57 Å². The van der Waals surface area contributed by atoms with Crippen LogP contribution >= 0.6 is 0 Å². The van der Waals surface area contributed by atoms with E-state index in [1.165, 1.54) is 24.4 Å². The smallest absolute Gasteiger partial charge is 0.307 e. The Morgan fingerprint density at radius 3 is 1.86 bits per heavy atom. The molecule has 0 amide bonds. The minimum absolute atomic E-state index is 0.00353. The molecule has 0 aliphatic heterocycles. The molecule has 0 fully saturated rings. The molecule has 4 aromatic carbocycles. The summed E-state index contributed by atoms with van der Waals surface area (Å²) in [6.45, 7) is 1.83. The third kappa shape index (κ3) is 3.32. The summed E-state index contributed by atoms with van der Waals surface area (Å²) in [5, 5.41) is 2.31. The highest BCUT2D eigenvalue weighted by atomic mass is 32.2. The van der Waals surface area contributed by atoms with Gasteiger partial charge in [-0.1, -0.05) is 60.2 Å². The van der Waals surface area contributed by atoms with E-state index in [1.54, 1.807) is 12.1 Å². The number of hydrogen-bond donors (Lipinski definition) is 0. The monoisotopic (exact) mass is 504 g/mol. The van der Waals surface area contributed by atoms with E-state index in [4.69, 9.17) is 0 Å². The molecule has 0 atom stereocenters. The molecule has 0 N–H and O–H groups in total. The minimum Gasteiger partial charge on any atom is -0.307 e. The molecule has 4 nitrogen and oxygen atoms in total.